The molecule has 0 unspecified atom stereocenters. The molecule has 2 amide bonds. The molecule has 86 valence electrons. The van der Waals surface area contributed by atoms with Crippen LogP contribution in [-0.2, 0) is 4.79 Å². The highest BCUT2D eigenvalue weighted by atomic mass is 16.4. The van der Waals surface area contributed by atoms with Crippen LogP contribution in [0.3, 0.4) is 0 Å². The summed E-state index contributed by atoms with van der Waals surface area (Å²) in [5.41, 5.74) is 0. The summed E-state index contributed by atoms with van der Waals surface area (Å²) < 4.78 is 0. The number of amides is 2. The molecule has 0 aliphatic carbocycles. The van der Waals surface area contributed by atoms with Crippen LogP contribution in [0, 0.1) is 0 Å². The van der Waals surface area contributed by atoms with Crippen LogP contribution in [0.4, 0.5) is 4.79 Å². The van der Waals surface area contributed by atoms with E-state index in [2.05, 4.69) is 11.9 Å². The highest BCUT2D eigenvalue weighted by Crippen LogP contribution is 1.95. The lowest BCUT2D eigenvalue weighted by Crippen LogP contribution is -2.47. The fraction of sp³-hybridized carbons (Fsp3) is 0.600. The standard InChI is InChI=1S/C10H18N2O3/c1-4-7-12(6-3)10(15)11-8(5-2)9(13)14/h4,8H,1,5-7H2,2-3H3,(H,11,15)(H,13,14)/t8-/m1/s1. The zero-order chi connectivity index (χ0) is 11.8. The van der Waals surface area contributed by atoms with Crippen LogP contribution in [0.2, 0.25) is 0 Å². The summed E-state index contributed by atoms with van der Waals surface area (Å²) >= 11 is 0. The van der Waals surface area contributed by atoms with E-state index in [9.17, 15) is 9.59 Å². The molecule has 0 aliphatic rings. The second-order valence-electron chi connectivity index (χ2n) is 3.08. The molecule has 1 atom stereocenters. The van der Waals surface area contributed by atoms with Crippen molar-refractivity contribution in [2.75, 3.05) is 13.1 Å². The van der Waals surface area contributed by atoms with Gasteiger partial charge in [0, 0.05) is 13.1 Å². The van der Waals surface area contributed by atoms with Gasteiger partial charge in [0.25, 0.3) is 0 Å². The highest BCUT2D eigenvalue weighted by molar-refractivity contribution is 5.82. The number of nitrogens with one attached hydrogen (secondary N) is 1. The summed E-state index contributed by atoms with van der Waals surface area (Å²) in [6, 6.07) is -1.19. The van der Waals surface area contributed by atoms with E-state index >= 15 is 0 Å². The Kier molecular flexibility index (Phi) is 6.17. The van der Waals surface area contributed by atoms with Crippen molar-refractivity contribution in [3.8, 4) is 0 Å². The maximum atomic E-state index is 11.5. The van der Waals surface area contributed by atoms with Gasteiger partial charge in [0.2, 0.25) is 0 Å². The van der Waals surface area contributed by atoms with E-state index in [1.807, 2.05) is 6.92 Å². The van der Waals surface area contributed by atoms with Gasteiger partial charge in [-0.2, -0.15) is 0 Å². The van der Waals surface area contributed by atoms with Crippen molar-refractivity contribution in [2.24, 2.45) is 0 Å². The minimum atomic E-state index is -1.01. The quantitative estimate of drug-likeness (QED) is 0.650. The molecule has 2 N–H and O–H groups in total. The molecule has 0 fully saturated rings. The number of aliphatic carboxylic acids is 1. The molecular formula is C10H18N2O3. The Morgan fingerprint density at radius 3 is 2.47 bits per heavy atom. The first-order valence-corrected chi connectivity index (χ1v) is 4.95. The molecule has 0 aliphatic heterocycles. The van der Waals surface area contributed by atoms with Crippen LogP contribution >= 0.6 is 0 Å². The SMILES string of the molecule is C=CCN(CC)C(=O)N[C@H](CC)C(=O)O. The number of hydrogen-bond acceptors (Lipinski definition) is 2. The number of carboxylic acid groups (broad SMARTS) is 1. The van der Waals surface area contributed by atoms with E-state index in [1.165, 1.54) is 4.90 Å². The molecule has 0 saturated carbocycles. The lowest BCUT2D eigenvalue weighted by molar-refractivity contribution is -0.139. The maximum absolute atomic E-state index is 11.5. The lowest BCUT2D eigenvalue weighted by atomic mass is 10.2. The predicted molar refractivity (Wildman–Crippen MR) is 57.7 cm³/mol. The molecule has 0 saturated heterocycles. The van der Waals surface area contributed by atoms with E-state index in [4.69, 9.17) is 5.11 Å². The zero-order valence-electron chi connectivity index (χ0n) is 9.19. The number of carbonyl (C=O) groups is 2. The van der Waals surface area contributed by atoms with E-state index < -0.39 is 12.0 Å². The van der Waals surface area contributed by atoms with Gasteiger partial charge in [0.15, 0.2) is 0 Å². The van der Waals surface area contributed by atoms with Crippen molar-refractivity contribution >= 4 is 12.0 Å². The fourth-order valence-corrected chi connectivity index (χ4v) is 1.09. The molecule has 0 aromatic heterocycles. The number of nitrogens with zero attached hydrogens (tertiary/aromatic N) is 1. The molecule has 0 aromatic rings. The molecule has 0 spiro atoms. The average molecular weight is 214 g/mol. The van der Waals surface area contributed by atoms with Gasteiger partial charge in [-0.1, -0.05) is 13.0 Å². The molecule has 15 heavy (non-hydrogen) atoms. The molecule has 0 rings (SSSR count). The normalized spacial score (nSPS) is 11.6. The van der Waals surface area contributed by atoms with Crippen LogP contribution in [0.15, 0.2) is 12.7 Å². The Bertz CT molecular complexity index is 241. The predicted octanol–water partition coefficient (Wildman–Crippen LogP) is 1.07. The first-order chi connectivity index (χ1) is 7.06. The maximum Gasteiger partial charge on any atom is 0.326 e. The summed E-state index contributed by atoms with van der Waals surface area (Å²) in [5.74, 6) is -1.01. The third kappa shape index (κ3) is 4.49. The summed E-state index contributed by atoms with van der Waals surface area (Å²) in [7, 11) is 0. The van der Waals surface area contributed by atoms with Gasteiger partial charge in [-0.05, 0) is 13.3 Å². The number of likely N-dealkylation sites (N-methyl/N-ethyl adjacent to an activating group) is 1. The van der Waals surface area contributed by atoms with Crippen LogP contribution in [0.25, 0.3) is 0 Å². The topological polar surface area (TPSA) is 69.6 Å². The summed E-state index contributed by atoms with van der Waals surface area (Å²) in [4.78, 5) is 23.7. The Hall–Kier alpha value is -1.52. The first kappa shape index (κ1) is 13.5. The largest absolute Gasteiger partial charge is 0.480 e. The lowest BCUT2D eigenvalue weighted by Gasteiger charge is -2.22. The van der Waals surface area contributed by atoms with Crippen molar-refractivity contribution in [3.05, 3.63) is 12.7 Å². The van der Waals surface area contributed by atoms with E-state index in [-0.39, 0.29) is 6.03 Å². The van der Waals surface area contributed by atoms with Gasteiger partial charge in [-0.15, -0.1) is 6.58 Å². The molecular weight excluding hydrogens is 196 g/mol. The van der Waals surface area contributed by atoms with Gasteiger partial charge < -0.3 is 15.3 Å². The summed E-state index contributed by atoms with van der Waals surface area (Å²) in [6.45, 7) is 8.00. The second kappa shape index (κ2) is 6.86. The van der Waals surface area contributed by atoms with Crippen LogP contribution in [-0.4, -0.2) is 41.1 Å². The number of hydrogen-bond donors (Lipinski definition) is 2. The van der Waals surface area contributed by atoms with Crippen molar-refractivity contribution in [1.82, 2.24) is 10.2 Å². The van der Waals surface area contributed by atoms with E-state index in [0.29, 0.717) is 19.5 Å². The van der Waals surface area contributed by atoms with E-state index in [0.717, 1.165) is 0 Å². The third-order valence-corrected chi connectivity index (χ3v) is 2.02. The van der Waals surface area contributed by atoms with Crippen molar-refractivity contribution in [3.63, 3.8) is 0 Å². The van der Waals surface area contributed by atoms with Gasteiger partial charge in [0.05, 0.1) is 0 Å². The number of carboxylic acids is 1. The molecule has 5 nitrogen and oxygen atoms in total. The molecule has 0 radical (unpaired) electrons. The molecule has 5 heteroatoms. The van der Waals surface area contributed by atoms with Gasteiger partial charge in [-0.25, -0.2) is 9.59 Å². The van der Waals surface area contributed by atoms with Crippen molar-refractivity contribution in [1.29, 1.82) is 0 Å². The Morgan fingerprint density at radius 2 is 2.13 bits per heavy atom. The smallest absolute Gasteiger partial charge is 0.326 e. The van der Waals surface area contributed by atoms with Gasteiger partial charge in [0.1, 0.15) is 6.04 Å². The minimum absolute atomic E-state index is 0.368. The van der Waals surface area contributed by atoms with Crippen LogP contribution in [0.1, 0.15) is 20.3 Å². The summed E-state index contributed by atoms with van der Waals surface area (Å²) in [6.07, 6.45) is 1.97. The molecule has 0 bridgehead atoms. The van der Waals surface area contributed by atoms with Crippen molar-refractivity contribution < 1.29 is 14.7 Å². The molecule has 0 aromatic carbocycles. The second-order valence-corrected chi connectivity index (χ2v) is 3.08. The van der Waals surface area contributed by atoms with Crippen molar-refractivity contribution in [2.45, 2.75) is 26.3 Å². The first-order valence-electron chi connectivity index (χ1n) is 4.95. The highest BCUT2D eigenvalue weighted by Gasteiger charge is 2.19. The monoisotopic (exact) mass is 214 g/mol. The number of carbonyl (C=O) groups excluding carboxylic acids is 1. The Labute approximate surface area is 89.8 Å². The number of rotatable bonds is 6. The Balaban J connectivity index is 4.30. The van der Waals surface area contributed by atoms with E-state index in [1.54, 1.807) is 13.0 Å². The zero-order valence-corrected chi connectivity index (χ0v) is 9.19. The van der Waals surface area contributed by atoms with Crippen LogP contribution < -0.4 is 5.32 Å². The van der Waals surface area contributed by atoms with Crippen LogP contribution in [0.5, 0.6) is 0 Å². The third-order valence-electron chi connectivity index (χ3n) is 2.02. The molecule has 0 heterocycles. The Morgan fingerprint density at radius 1 is 1.53 bits per heavy atom. The fourth-order valence-electron chi connectivity index (χ4n) is 1.09. The number of urea groups is 1. The van der Waals surface area contributed by atoms with Gasteiger partial charge >= 0.3 is 12.0 Å². The summed E-state index contributed by atoms with van der Waals surface area (Å²) in [5, 5.41) is 11.2. The minimum Gasteiger partial charge on any atom is -0.480 e. The average Bonchev–Trinajstić information content (AvgIpc) is 2.21. The van der Waals surface area contributed by atoms with Gasteiger partial charge in [-0.3, -0.25) is 0 Å².